The number of hydrogen-bond donors (Lipinski definition) is 2. The normalized spacial score (nSPS) is 11.3. The van der Waals surface area contributed by atoms with Crippen molar-refractivity contribution in [2.24, 2.45) is 5.92 Å². The Morgan fingerprint density at radius 3 is 2.31 bits per heavy atom. The molecule has 2 aromatic carbocycles. The van der Waals surface area contributed by atoms with Gasteiger partial charge in [-0.15, -0.1) is 0 Å². The average molecular weight is 376 g/mol. The van der Waals surface area contributed by atoms with E-state index in [0.29, 0.717) is 18.2 Å². The Labute approximate surface area is 154 Å². The zero-order valence-electron chi connectivity index (χ0n) is 14.9. The molecule has 0 heterocycles. The molecule has 0 radical (unpaired) electrons. The molecular weight excluding hydrogens is 352 g/mol. The maximum absolute atomic E-state index is 12.3. The first-order valence-electron chi connectivity index (χ1n) is 8.40. The molecule has 0 aromatic heterocycles. The summed E-state index contributed by atoms with van der Waals surface area (Å²) >= 11 is 0. The minimum atomic E-state index is -3.61. The Balaban J connectivity index is 1.88. The predicted octanol–water partition coefficient (Wildman–Crippen LogP) is 2.32. The van der Waals surface area contributed by atoms with E-state index in [-0.39, 0.29) is 24.0 Å². The van der Waals surface area contributed by atoms with Gasteiger partial charge in [0, 0.05) is 13.1 Å². The highest BCUT2D eigenvalue weighted by Gasteiger charge is 2.14. The Morgan fingerprint density at radius 1 is 1.04 bits per heavy atom. The van der Waals surface area contributed by atoms with Crippen molar-refractivity contribution in [3.63, 3.8) is 0 Å². The van der Waals surface area contributed by atoms with Crippen LogP contribution in [0.15, 0.2) is 59.5 Å². The van der Waals surface area contributed by atoms with Crippen LogP contribution in [-0.2, 0) is 21.4 Å². The van der Waals surface area contributed by atoms with E-state index in [0.717, 1.165) is 5.56 Å². The number of sulfonamides is 1. The monoisotopic (exact) mass is 376 g/mol. The minimum Gasteiger partial charge on any atom is -0.484 e. The molecule has 0 saturated heterocycles. The second-order valence-electron chi connectivity index (χ2n) is 6.27. The molecule has 0 atom stereocenters. The van der Waals surface area contributed by atoms with Crippen LogP contribution in [-0.4, -0.2) is 27.5 Å². The van der Waals surface area contributed by atoms with Crippen molar-refractivity contribution in [2.75, 3.05) is 13.2 Å². The fourth-order valence-corrected chi connectivity index (χ4v) is 3.11. The fourth-order valence-electron chi connectivity index (χ4n) is 2.09. The van der Waals surface area contributed by atoms with E-state index in [1.165, 1.54) is 24.3 Å². The largest absolute Gasteiger partial charge is 0.484 e. The molecule has 0 spiro atoms. The van der Waals surface area contributed by atoms with Crippen molar-refractivity contribution in [3.8, 4) is 5.75 Å². The zero-order chi connectivity index (χ0) is 19.0. The smallest absolute Gasteiger partial charge is 0.257 e. The number of amides is 1. The Hall–Kier alpha value is -2.38. The summed E-state index contributed by atoms with van der Waals surface area (Å²) in [5.74, 6) is 0.596. The molecule has 2 N–H and O–H groups in total. The van der Waals surface area contributed by atoms with E-state index < -0.39 is 10.0 Å². The molecule has 0 unspecified atom stereocenters. The first kappa shape index (κ1) is 19.9. The number of hydrogen-bond acceptors (Lipinski definition) is 4. The summed E-state index contributed by atoms with van der Waals surface area (Å²) < 4.78 is 32.6. The van der Waals surface area contributed by atoms with E-state index in [9.17, 15) is 13.2 Å². The highest BCUT2D eigenvalue weighted by atomic mass is 32.2. The van der Waals surface area contributed by atoms with Crippen LogP contribution in [0.1, 0.15) is 19.4 Å². The van der Waals surface area contributed by atoms with Crippen LogP contribution < -0.4 is 14.8 Å². The van der Waals surface area contributed by atoms with Crippen LogP contribution in [0, 0.1) is 5.92 Å². The first-order valence-corrected chi connectivity index (χ1v) is 9.88. The highest BCUT2D eigenvalue weighted by Crippen LogP contribution is 2.16. The van der Waals surface area contributed by atoms with Crippen molar-refractivity contribution in [2.45, 2.75) is 25.3 Å². The van der Waals surface area contributed by atoms with Crippen LogP contribution in [0.5, 0.6) is 5.75 Å². The first-order chi connectivity index (χ1) is 12.4. The second kappa shape index (κ2) is 9.35. The van der Waals surface area contributed by atoms with Gasteiger partial charge in [-0.3, -0.25) is 4.79 Å². The van der Waals surface area contributed by atoms with Crippen LogP contribution in [0.25, 0.3) is 0 Å². The summed E-state index contributed by atoms with van der Waals surface area (Å²) in [6, 6.07) is 15.3. The van der Waals surface area contributed by atoms with Crippen LogP contribution >= 0.6 is 0 Å². The molecule has 140 valence electrons. The Bertz CT molecular complexity index is 803. The van der Waals surface area contributed by atoms with Crippen molar-refractivity contribution in [1.82, 2.24) is 10.0 Å². The third-order valence-electron chi connectivity index (χ3n) is 3.52. The Morgan fingerprint density at radius 2 is 1.69 bits per heavy atom. The van der Waals surface area contributed by atoms with Gasteiger partial charge in [0.05, 0.1) is 4.90 Å². The van der Waals surface area contributed by atoms with E-state index in [1.807, 2.05) is 44.2 Å². The lowest BCUT2D eigenvalue weighted by Crippen LogP contribution is -2.31. The summed E-state index contributed by atoms with van der Waals surface area (Å²) in [6.07, 6.45) is 0. The number of nitrogens with one attached hydrogen (secondary N) is 2. The summed E-state index contributed by atoms with van der Waals surface area (Å²) in [6.45, 7) is 4.72. The Kier molecular flexibility index (Phi) is 7.17. The summed E-state index contributed by atoms with van der Waals surface area (Å²) in [5, 5.41) is 2.75. The maximum Gasteiger partial charge on any atom is 0.257 e. The molecule has 0 aliphatic carbocycles. The fraction of sp³-hybridized carbons (Fsp3) is 0.316. The average Bonchev–Trinajstić information content (AvgIpc) is 2.64. The van der Waals surface area contributed by atoms with Gasteiger partial charge in [0.15, 0.2) is 6.61 Å². The predicted molar refractivity (Wildman–Crippen MR) is 100 cm³/mol. The molecule has 2 aromatic rings. The number of ether oxygens (including phenoxy) is 1. The molecule has 6 nitrogen and oxygen atoms in total. The summed E-state index contributed by atoms with van der Waals surface area (Å²) in [7, 11) is -3.61. The summed E-state index contributed by atoms with van der Waals surface area (Å²) in [5.41, 5.74) is 0.878. The van der Waals surface area contributed by atoms with E-state index in [1.54, 1.807) is 0 Å². The molecule has 26 heavy (non-hydrogen) atoms. The zero-order valence-corrected chi connectivity index (χ0v) is 15.8. The van der Waals surface area contributed by atoms with Gasteiger partial charge in [-0.2, -0.15) is 0 Å². The van der Waals surface area contributed by atoms with Gasteiger partial charge in [-0.1, -0.05) is 44.2 Å². The molecule has 2 rings (SSSR count). The molecule has 0 saturated carbocycles. The lowest BCUT2D eigenvalue weighted by atomic mass is 10.2. The van der Waals surface area contributed by atoms with E-state index in [4.69, 9.17) is 4.74 Å². The maximum atomic E-state index is 12.3. The second-order valence-corrected chi connectivity index (χ2v) is 8.04. The highest BCUT2D eigenvalue weighted by molar-refractivity contribution is 7.89. The number of carbonyl (C=O) groups excluding carboxylic acids is 1. The van der Waals surface area contributed by atoms with Gasteiger partial charge in [0.1, 0.15) is 5.75 Å². The molecule has 0 bridgehead atoms. The topological polar surface area (TPSA) is 84.5 Å². The van der Waals surface area contributed by atoms with Gasteiger partial charge in [0.2, 0.25) is 10.0 Å². The molecule has 0 aliphatic rings. The molecular formula is C19H24N2O4S. The van der Waals surface area contributed by atoms with E-state index in [2.05, 4.69) is 10.0 Å². The van der Waals surface area contributed by atoms with Crippen LogP contribution in [0.4, 0.5) is 0 Å². The van der Waals surface area contributed by atoms with Gasteiger partial charge >= 0.3 is 0 Å². The van der Waals surface area contributed by atoms with Gasteiger partial charge in [-0.25, -0.2) is 13.1 Å². The molecule has 1 amide bonds. The number of carbonyl (C=O) groups is 1. The third-order valence-corrected chi connectivity index (χ3v) is 4.94. The third kappa shape index (κ3) is 6.50. The van der Waals surface area contributed by atoms with Crippen molar-refractivity contribution < 1.29 is 17.9 Å². The standard InChI is InChI=1S/C19H24N2O4S/c1-15(2)12-20-19(22)14-25-17-8-10-18(11-9-17)26(23,24)21-13-16-6-4-3-5-7-16/h3-11,15,21H,12-14H2,1-2H3,(H,20,22). The lowest BCUT2D eigenvalue weighted by Gasteiger charge is -2.10. The lowest BCUT2D eigenvalue weighted by molar-refractivity contribution is -0.123. The van der Waals surface area contributed by atoms with E-state index >= 15 is 0 Å². The van der Waals surface area contributed by atoms with Gasteiger partial charge < -0.3 is 10.1 Å². The minimum absolute atomic E-state index is 0.106. The van der Waals surface area contributed by atoms with Gasteiger partial charge in [0.25, 0.3) is 5.91 Å². The van der Waals surface area contributed by atoms with Crippen molar-refractivity contribution >= 4 is 15.9 Å². The molecule has 0 fully saturated rings. The SMILES string of the molecule is CC(C)CNC(=O)COc1ccc(S(=O)(=O)NCc2ccccc2)cc1. The summed E-state index contributed by atoms with van der Waals surface area (Å²) in [4.78, 5) is 11.8. The number of rotatable bonds is 9. The van der Waals surface area contributed by atoms with Crippen molar-refractivity contribution in [1.29, 1.82) is 0 Å². The molecule has 0 aliphatic heterocycles. The van der Waals surface area contributed by atoms with Gasteiger partial charge in [-0.05, 0) is 35.7 Å². The van der Waals surface area contributed by atoms with Crippen LogP contribution in [0.2, 0.25) is 0 Å². The molecule has 7 heteroatoms. The quantitative estimate of drug-likeness (QED) is 0.703. The number of benzene rings is 2. The van der Waals surface area contributed by atoms with Crippen molar-refractivity contribution in [3.05, 3.63) is 60.2 Å². The van der Waals surface area contributed by atoms with Crippen LogP contribution in [0.3, 0.4) is 0 Å².